The molecule has 78 heavy (non-hydrogen) atoms. The molecule has 0 aliphatic carbocycles. The molecule has 3 N–H and O–H groups in total. The Kier molecular flexibility index (Phi) is 35.6. The molecule has 0 saturated heterocycles. The number of methoxy groups -OCH3 is 4. The van der Waals surface area contributed by atoms with Gasteiger partial charge < -0.3 is 24.1 Å². The fraction of sp³-hybridized carbons (Fsp3) is 0.302. The fourth-order valence-corrected chi connectivity index (χ4v) is 29.9. The van der Waals surface area contributed by atoms with Crippen LogP contribution in [0.3, 0.4) is 0 Å². The van der Waals surface area contributed by atoms with E-state index >= 15 is 0 Å². The Morgan fingerprint density at radius 2 is 0.923 bits per heavy atom. The largest absolute Gasteiger partial charge is 0.493 e. The van der Waals surface area contributed by atoms with Gasteiger partial charge >= 0.3 is 18.1 Å². The van der Waals surface area contributed by atoms with Crippen molar-refractivity contribution in [3.05, 3.63) is 118 Å². The maximum absolute atomic E-state index is 14.7. The molecule has 0 unspecified atom stereocenters. The highest BCUT2D eigenvalue weighted by atomic mass is 35.5. The number of ether oxygens (including phenoxy) is 4. The molecule has 2 aromatic heterocycles. The molecule has 6 rings (SSSR count). The topological polar surface area (TPSA) is 127 Å². The number of thiophene rings is 2. The summed E-state index contributed by atoms with van der Waals surface area (Å²) in [6.07, 6.45) is -3.32. The SMILES string of the molecule is CNC(F)(F)c1ccccc1.COc1cc2cc(C(F)(F)CCC(=O)N(O)C(F)(F)c3ccccc3)sc2cc1OC.COc1cc2cc(C(F)(F)CCC(=O)O)sc2cc1OC.Cl.S=S.S=S=S=S=S=S=S=S=S=S=S=S. The average molecular weight is 1420 g/mol. The number of fused-ring (bicyclic) bond motifs is 2. The number of rotatable bonds is 16. The molecule has 1 amide bonds. The van der Waals surface area contributed by atoms with Crippen molar-refractivity contribution in [3.8, 4) is 23.0 Å². The first-order chi connectivity index (χ1) is 36.5. The van der Waals surface area contributed by atoms with Gasteiger partial charge in [0.2, 0.25) is 0 Å². The number of alkyl halides is 8. The zero-order chi connectivity index (χ0) is 57.8. The van der Waals surface area contributed by atoms with Crippen LogP contribution in [0.5, 0.6) is 23.0 Å². The van der Waals surface area contributed by atoms with Crippen LogP contribution in [-0.2, 0) is 167 Å². The second kappa shape index (κ2) is 37.7. The number of halogens is 9. The molecule has 2 heterocycles. The van der Waals surface area contributed by atoms with Crippen LogP contribution in [0.4, 0.5) is 35.1 Å². The van der Waals surface area contributed by atoms with Gasteiger partial charge in [-0.2, -0.15) is 22.6 Å². The summed E-state index contributed by atoms with van der Waals surface area (Å²) in [5, 5.41) is 20.4. The maximum Gasteiger partial charge on any atom is 0.376 e. The maximum atomic E-state index is 14.7. The highest BCUT2D eigenvalue weighted by Gasteiger charge is 2.43. The van der Waals surface area contributed by atoms with Gasteiger partial charge in [0.15, 0.2) is 23.0 Å². The van der Waals surface area contributed by atoms with E-state index in [9.17, 15) is 49.9 Å². The Hall–Kier alpha value is -2.33. The third-order valence-corrected chi connectivity index (χ3v) is 31.8. The first-order valence-electron chi connectivity index (χ1n) is 20.5. The Morgan fingerprint density at radius 1 is 0.577 bits per heavy atom. The van der Waals surface area contributed by atoms with Crippen molar-refractivity contribution in [2.24, 2.45) is 0 Å². The first kappa shape index (κ1) is 73.7. The van der Waals surface area contributed by atoms with Gasteiger partial charge in [0.25, 0.3) is 17.8 Å². The van der Waals surface area contributed by atoms with Crippen molar-refractivity contribution in [1.82, 2.24) is 10.4 Å². The number of hydrogen-bond acceptors (Lipinski definition) is 14. The molecule has 0 atom stereocenters. The number of carboxylic acid groups (broad SMARTS) is 1. The Morgan fingerprint density at radius 3 is 1.27 bits per heavy atom. The Bertz CT molecular complexity index is 3230. The summed E-state index contributed by atoms with van der Waals surface area (Å²) >= 11 is 18.4. The van der Waals surface area contributed by atoms with Crippen LogP contribution in [-0.4, -0.2) is 62.7 Å². The lowest BCUT2D eigenvalue weighted by Crippen LogP contribution is -2.41. The molecular formula is C43H43ClF8N2O8S16. The number of nitrogens with one attached hydrogen (secondary N) is 1. The number of hydrogen-bond donors (Lipinski definition) is 3. The molecule has 0 bridgehead atoms. The zero-order valence-corrected chi connectivity index (χ0v) is 54.2. The van der Waals surface area contributed by atoms with Crippen molar-refractivity contribution in [1.29, 1.82) is 0 Å². The van der Waals surface area contributed by atoms with Crippen LogP contribution in [0.25, 0.3) is 20.2 Å². The Balaban J connectivity index is 0.000000559. The lowest BCUT2D eigenvalue weighted by atomic mass is 10.1. The summed E-state index contributed by atoms with van der Waals surface area (Å²) in [5.41, 5.74) is -0.646. The summed E-state index contributed by atoms with van der Waals surface area (Å²) in [4.78, 5) is 22.0. The highest BCUT2D eigenvalue weighted by Crippen LogP contribution is 2.45. The van der Waals surface area contributed by atoms with Crippen molar-refractivity contribution in [2.45, 2.75) is 49.6 Å². The molecule has 0 saturated carbocycles. The number of benzene rings is 4. The van der Waals surface area contributed by atoms with E-state index in [1.807, 2.05) is 5.32 Å². The molecule has 10 nitrogen and oxygen atoms in total. The summed E-state index contributed by atoms with van der Waals surface area (Å²) < 4.78 is 133. The molecule has 0 radical (unpaired) electrons. The van der Waals surface area contributed by atoms with Crippen LogP contribution < -0.4 is 24.3 Å². The fourth-order valence-electron chi connectivity index (χ4n) is 5.77. The number of nitrogens with zero attached hydrogens (tertiary/aromatic N) is 1. The highest BCUT2D eigenvalue weighted by molar-refractivity contribution is 8.75. The van der Waals surface area contributed by atoms with Gasteiger partial charge in [0.05, 0.1) is 44.6 Å². The minimum absolute atomic E-state index is 0. The van der Waals surface area contributed by atoms with Crippen molar-refractivity contribution >= 4 is 201 Å². The van der Waals surface area contributed by atoms with E-state index in [0.29, 0.717) is 43.2 Å². The Labute approximate surface area is 505 Å². The van der Waals surface area contributed by atoms with Crippen LogP contribution in [0, 0.1) is 0 Å². The summed E-state index contributed by atoms with van der Waals surface area (Å²) in [5.74, 6) is -7.71. The van der Waals surface area contributed by atoms with E-state index in [2.05, 4.69) is 44.8 Å². The average Bonchev–Trinajstić information content (AvgIpc) is 4.08. The van der Waals surface area contributed by atoms with E-state index < -0.39 is 72.1 Å². The lowest BCUT2D eigenvalue weighted by molar-refractivity contribution is -0.280. The van der Waals surface area contributed by atoms with Crippen molar-refractivity contribution < 1.29 is 74.0 Å². The first-order valence-corrected chi connectivity index (χ1v) is 38.1. The second-order valence-corrected chi connectivity index (χ2v) is 33.9. The number of aliphatic carboxylic acids is 1. The molecule has 6 aromatic rings. The number of carboxylic acids is 1. The van der Waals surface area contributed by atoms with Crippen LogP contribution in [0.15, 0.2) is 97.1 Å². The number of amides is 1. The molecule has 35 heteroatoms. The summed E-state index contributed by atoms with van der Waals surface area (Å²) in [6, 6.07) is 15.8. The van der Waals surface area contributed by atoms with Gasteiger partial charge in [-0.25, -0.2) is 17.6 Å². The molecule has 0 aliphatic rings. The third-order valence-electron chi connectivity index (χ3n) is 9.40. The molecule has 432 valence electrons. The quantitative estimate of drug-likeness (QED) is 0.0369. The molecule has 0 spiro atoms. The standard InChI is InChI=1S/C21H19F4NO4S.C14H14F2O4S.C8H9F2N.ClH.S12.S2/c1-29-15-10-13-11-18(31-17(13)12-16(15)30-2)20(22,23)9-8-19(27)26(28)21(24,25)14-6-4-3-5-7-14;1-19-9-5-8-6-12(14(15,16)4-3-13(17)18)21-11(8)7-10(9)20-2;1-11-8(9,10)7-5-3-2-4-6-7;;1-3-5-7-9-11-12-10-8-6-4-2;1-2/h3-7,10-12,28H,8-9H2,1-2H3;5-7H,3-4H2,1-2H3,(H,17,18);2-6,11H,1H3;1H;;. The second-order valence-electron chi connectivity index (χ2n) is 14.0. The third kappa shape index (κ3) is 23.9. The van der Waals surface area contributed by atoms with E-state index in [1.165, 1.54) is 95.7 Å². The van der Waals surface area contributed by atoms with Gasteiger partial charge in [-0.15, -0.1) is 35.1 Å². The van der Waals surface area contributed by atoms with Gasteiger partial charge in [-0.05, 0) is 42.1 Å². The van der Waals surface area contributed by atoms with E-state index in [4.69, 9.17) is 24.1 Å². The molecule has 0 aliphatic heterocycles. The molecular weight excluding hydrogens is 1370 g/mol. The molecule has 0 fully saturated rings. The van der Waals surface area contributed by atoms with Crippen molar-refractivity contribution in [2.75, 3.05) is 35.5 Å². The summed E-state index contributed by atoms with van der Waals surface area (Å²) in [6.45, 7) is 0. The van der Waals surface area contributed by atoms with Gasteiger partial charge in [0, 0.05) is 185 Å². The minimum Gasteiger partial charge on any atom is -0.493 e. The predicted octanol–water partition coefficient (Wildman–Crippen LogP) is 12.0. The monoisotopic (exact) mass is 1410 g/mol. The normalized spacial score (nSPS) is 10.7. The predicted molar refractivity (Wildman–Crippen MR) is 332 cm³/mol. The minimum atomic E-state index is -4.04. The van der Waals surface area contributed by atoms with Crippen LogP contribution in [0.1, 0.15) is 46.6 Å². The molecule has 4 aromatic carbocycles. The van der Waals surface area contributed by atoms with E-state index in [-0.39, 0.29) is 27.7 Å². The van der Waals surface area contributed by atoms with Crippen molar-refractivity contribution in [3.63, 3.8) is 0 Å². The van der Waals surface area contributed by atoms with Gasteiger partial charge in [-0.3, -0.25) is 20.1 Å². The van der Waals surface area contributed by atoms with E-state index in [0.717, 1.165) is 34.8 Å². The number of carbonyl (C=O) groups is 2. The van der Waals surface area contributed by atoms with Gasteiger partial charge in [-0.1, -0.05) is 60.7 Å². The van der Waals surface area contributed by atoms with Crippen LogP contribution in [0.2, 0.25) is 0 Å². The van der Waals surface area contributed by atoms with Crippen LogP contribution >= 0.6 is 35.1 Å². The van der Waals surface area contributed by atoms with E-state index in [1.54, 1.807) is 114 Å². The lowest BCUT2D eigenvalue weighted by Gasteiger charge is -2.26. The smallest absolute Gasteiger partial charge is 0.376 e. The number of hydroxylamine groups is 2. The van der Waals surface area contributed by atoms with Gasteiger partial charge in [0.1, 0.15) is 0 Å². The zero-order valence-electron chi connectivity index (χ0n) is 40.3. The number of carbonyl (C=O) groups excluding carboxylic acids is 1. The summed E-state index contributed by atoms with van der Waals surface area (Å²) in [7, 11) is 23.3.